The lowest BCUT2D eigenvalue weighted by Gasteiger charge is -2.11. The van der Waals surface area contributed by atoms with Gasteiger partial charge in [0.25, 0.3) is 5.56 Å². The van der Waals surface area contributed by atoms with E-state index in [-0.39, 0.29) is 28.7 Å². The number of nitrogens with zero attached hydrogens (tertiary/aromatic N) is 3. The van der Waals surface area contributed by atoms with Gasteiger partial charge in [0.05, 0.1) is 16.2 Å². The fourth-order valence-corrected chi connectivity index (χ4v) is 6.57. The molecule has 0 N–H and O–H groups in total. The van der Waals surface area contributed by atoms with Crippen LogP contribution in [0.4, 0.5) is 4.39 Å². The van der Waals surface area contributed by atoms with Gasteiger partial charge in [0.2, 0.25) is 0 Å². The number of benzene rings is 2. The number of fused-ring (bicyclic) bond motifs is 1. The van der Waals surface area contributed by atoms with E-state index in [1.54, 1.807) is 16.7 Å². The van der Waals surface area contributed by atoms with E-state index in [9.17, 15) is 14.0 Å². The second-order valence-corrected chi connectivity index (χ2v) is 10.9. The van der Waals surface area contributed by atoms with Crippen molar-refractivity contribution in [2.75, 3.05) is 5.75 Å². The molecule has 192 valence electrons. The highest BCUT2D eigenvalue weighted by atomic mass is 35.5. The first-order valence-corrected chi connectivity index (χ1v) is 14.0. The van der Waals surface area contributed by atoms with Gasteiger partial charge >= 0.3 is 0 Å². The van der Waals surface area contributed by atoms with Gasteiger partial charge in [-0.05, 0) is 43.7 Å². The molecule has 38 heavy (non-hydrogen) atoms. The second-order valence-electron chi connectivity index (χ2n) is 8.72. The van der Waals surface area contributed by atoms with E-state index >= 15 is 0 Å². The third-order valence-electron chi connectivity index (χ3n) is 6.28. The summed E-state index contributed by atoms with van der Waals surface area (Å²) < 4.78 is 17.1. The molecule has 0 saturated carbocycles. The van der Waals surface area contributed by atoms with Gasteiger partial charge < -0.3 is 4.57 Å². The molecule has 9 heteroatoms. The first kappa shape index (κ1) is 26.2. The standard InChI is InChI=1S/C29H23ClFN3O2S2/c1-4-12-33-28(36)26-22(19-8-6-5-7-9-19)15-37-27(26)32-29(33)38-16-25(35)21-13-17(2)34(18(21)3)20-10-11-24(31)23(30)14-20/h4-11,13-15H,1,12,16H2,2-3H3. The van der Waals surface area contributed by atoms with E-state index in [0.29, 0.717) is 26.6 Å². The summed E-state index contributed by atoms with van der Waals surface area (Å²) >= 11 is 8.63. The molecule has 0 unspecified atom stereocenters. The smallest absolute Gasteiger partial charge is 0.263 e. The molecule has 0 aliphatic carbocycles. The maximum absolute atomic E-state index is 13.7. The molecule has 3 heterocycles. The molecule has 0 fully saturated rings. The minimum absolute atomic E-state index is 0.0177. The van der Waals surface area contributed by atoms with Gasteiger partial charge in [-0.2, -0.15) is 0 Å². The summed E-state index contributed by atoms with van der Waals surface area (Å²) in [6.45, 7) is 7.80. The predicted molar refractivity (Wildman–Crippen MR) is 155 cm³/mol. The number of carbonyl (C=O) groups excluding carboxylic acids is 1. The van der Waals surface area contributed by atoms with Crippen LogP contribution in [0.1, 0.15) is 21.7 Å². The average molecular weight is 564 g/mol. The quantitative estimate of drug-likeness (QED) is 0.0849. The average Bonchev–Trinajstić information content (AvgIpc) is 3.47. The number of halogens is 2. The Balaban J connectivity index is 1.46. The molecule has 5 rings (SSSR count). The van der Waals surface area contributed by atoms with Crippen molar-refractivity contribution in [3.63, 3.8) is 0 Å². The number of thiophene rings is 1. The minimum Gasteiger partial charge on any atom is -0.318 e. The van der Waals surface area contributed by atoms with Crippen LogP contribution in [-0.4, -0.2) is 25.7 Å². The number of hydrogen-bond acceptors (Lipinski definition) is 5. The Morgan fingerprint density at radius 1 is 1.18 bits per heavy atom. The van der Waals surface area contributed by atoms with Crippen LogP contribution < -0.4 is 5.56 Å². The zero-order valence-corrected chi connectivity index (χ0v) is 23.1. The minimum atomic E-state index is -0.498. The Kier molecular flexibility index (Phi) is 7.38. The number of hydrogen-bond donors (Lipinski definition) is 0. The lowest BCUT2D eigenvalue weighted by Crippen LogP contribution is -2.23. The fourth-order valence-electron chi connectivity index (χ4n) is 4.51. The van der Waals surface area contributed by atoms with Gasteiger partial charge in [-0.1, -0.05) is 59.8 Å². The Morgan fingerprint density at radius 2 is 1.95 bits per heavy atom. The Morgan fingerprint density at radius 3 is 2.66 bits per heavy atom. The van der Waals surface area contributed by atoms with Crippen LogP contribution in [0.2, 0.25) is 5.02 Å². The number of rotatable bonds is 8. The lowest BCUT2D eigenvalue weighted by molar-refractivity contribution is 0.102. The van der Waals surface area contributed by atoms with Crippen molar-refractivity contribution in [3.8, 4) is 16.8 Å². The van der Waals surface area contributed by atoms with E-state index in [0.717, 1.165) is 22.5 Å². The summed E-state index contributed by atoms with van der Waals surface area (Å²) in [6.07, 6.45) is 1.65. The zero-order chi connectivity index (χ0) is 27.0. The third-order valence-corrected chi connectivity index (χ3v) is 8.42. The van der Waals surface area contributed by atoms with Crippen LogP contribution in [0.25, 0.3) is 27.0 Å². The SMILES string of the molecule is C=CCn1c(SCC(=O)c2cc(C)n(-c3ccc(F)c(Cl)c3)c2C)nc2scc(-c3ccccc3)c2c1=O. The summed E-state index contributed by atoms with van der Waals surface area (Å²) in [5.74, 6) is -0.499. The largest absolute Gasteiger partial charge is 0.318 e. The van der Waals surface area contributed by atoms with Crippen molar-refractivity contribution < 1.29 is 9.18 Å². The van der Waals surface area contributed by atoms with E-state index < -0.39 is 5.82 Å². The van der Waals surface area contributed by atoms with Gasteiger partial charge in [-0.25, -0.2) is 9.37 Å². The summed E-state index contributed by atoms with van der Waals surface area (Å²) in [7, 11) is 0. The molecule has 3 aromatic heterocycles. The first-order chi connectivity index (χ1) is 18.3. The van der Waals surface area contributed by atoms with Crippen LogP contribution in [0.15, 0.2) is 82.6 Å². The monoisotopic (exact) mass is 563 g/mol. The normalized spacial score (nSPS) is 11.3. The number of allylic oxidation sites excluding steroid dienone is 1. The number of carbonyl (C=O) groups is 1. The van der Waals surface area contributed by atoms with E-state index in [2.05, 4.69) is 6.58 Å². The number of Topliss-reactive ketones (excluding diaryl/α,β-unsaturated/α-hetero) is 1. The summed E-state index contributed by atoms with van der Waals surface area (Å²) in [4.78, 5) is 32.3. The molecule has 0 radical (unpaired) electrons. The van der Waals surface area contributed by atoms with Gasteiger partial charge in [0.1, 0.15) is 10.6 Å². The van der Waals surface area contributed by atoms with E-state index in [1.165, 1.54) is 35.2 Å². The molecule has 0 aliphatic rings. The molecule has 0 amide bonds. The van der Waals surface area contributed by atoms with Crippen LogP contribution in [0.3, 0.4) is 0 Å². The first-order valence-electron chi connectivity index (χ1n) is 11.8. The molecule has 0 spiro atoms. The Labute approximate surface area is 232 Å². The van der Waals surface area contributed by atoms with Gasteiger partial charge in [-0.15, -0.1) is 17.9 Å². The highest BCUT2D eigenvalue weighted by Gasteiger charge is 2.21. The summed E-state index contributed by atoms with van der Waals surface area (Å²) in [5.41, 5.74) is 4.44. The maximum Gasteiger partial charge on any atom is 0.263 e. The van der Waals surface area contributed by atoms with Crippen molar-refractivity contribution in [1.82, 2.24) is 14.1 Å². The Bertz CT molecular complexity index is 1760. The number of ketones is 1. The highest BCUT2D eigenvalue weighted by Crippen LogP contribution is 2.32. The predicted octanol–water partition coefficient (Wildman–Crippen LogP) is 7.49. The van der Waals surface area contributed by atoms with Crippen LogP contribution in [0.5, 0.6) is 0 Å². The van der Waals surface area contributed by atoms with Gasteiger partial charge in [0.15, 0.2) is 10.9 Å². The summed E-state index contributed by atoms with van der Waals surface area (Å²) in [5, 5.41) is 3.00. The van der Waals surface area contributed by atoms with Crippen molar-refractivity contribution in [1.29, 1.82) is 0 Å². The van der Waals surface area contributed by atoms with Crippen molar-refractivity contribution in [3.05, 3.63) is 111 Å². The van der Waals surface area contributed by atoms with Crippen LogP contribution in [-0.2, 0) is 6.54 Å². The second kappa shape index (κ2) is 10.7. The highest BCUT2D eigenvalue weighted by molar-refractivity contribution is 7.99. The Hall–Kier alpha value is -3.46. The van der Waals surface area contributed by atoms with Crippen molar-refractivity contribution >= 4 is 50.7 Å². The molecule has 2 aromatic carbocycles. The summed E-state index contributed by atoms with van der Waals surface area (Å²) in [6, 6.07) is 16.0. The van der Waals surface area contributed by atoms with Crippen LogP contribution in [0, 0.1) is 19.7 Å². The topological polar surface area (TPSA) is 56.9 Å². The molecular formula is C29H23ClFN3O2S2. The van der Waals surface area contributed by atoms with E-state index in [1.807, 2.05) is 60.2 Å². The van der Waals surface area contributed by atoms with Crippen molar-refractivity contribution in [2.24, 2.45) is 0 Å². The fraction of sp³-hybridized carbons (Fsp3) is 0.138. The van der Waals surface area contributed by atoms with Crippen LogP contribution >= 0.6 is 34.7 Å². The molecule has 0 aliphatic heterocycles. The zero-order valence-electron chi connectivity index (χ0n) is 20.7. The third kappa shape index (κ3) is 4.75. The van der Waals surface area contributed by atoms with Gasteiger partial charge in [0, 0.05) is 40.1 Å². The lowest BCUT2D eigenvalue weighted by atomic mass is 10.1. The molecule has 5 nitrogen and oxygen atoms in total. The molecule has 0 bridgehead atoms. The molecule has 5 aromatic rings. The number of aryl methyl sites for hydroxylation is 1. The molecule has 0 saturated heterocycles. The maximum atomic E-state index is 13.7. The van der Waals surface area contributed by atoms with E-state index in [4.69, 9.17) is 16.6 Å². The number of aromatic nitrogens is 3. The molecular weight excluding hydrogens is 541 g/mol. The van der Waals surface area contributed by atoms with Crippen molar-refractivity contribution in [2.45, 2.75) is 25.5 Å². The molecule has 0 atom stereocenters. The van der Waals surface area contributed by atoms with Gasteiger partial charge in [-0.3, -0.25) is 14.2 Å². The number of thioether (sulfide) groups is 1.